The molecule has 106 heavy (non-hydrogen) atoms. The molecule has 9 atom stereocenters. The largest absolute Gasteiger partial charge is 0.379 e. The van der Waals surface area contributed by atoms with E-state index in [1.165, 1.54) is 19.2 Å². The summed E-state index contributed by atoms with van der Waals surface area (Å²) in [7, 11) is 8.46. The summed E-state index contributed by atoms with van der Waals surface area (Å²) in [6, 6.07) is 16.3. The van der Waals surface area contributed by atoms with Gasteiger partial charge >= 0.3 is 6.03 Å². The van der Waals surface area contributed by atoms with Gasteiger partial charge in [-0.2, -0.15) is 0 Å². The van der Waals surface area contributed by atoms with Gasteiger partial charge in [0.25, 0.3) is 0 Å². The van der Waals surface area contributed by atoms with Gasteiger partial charge in [-0.1, -0.05) is 103 Å². The summed E-state index contributed by atoms with van der Waals surface area (Å²) in [5.74, 6) is 1.34. The molecule has 12 amide bonds. The van der Waals surface area contributed by atoms with Crippen molar-refractivity contribution in [2.45, 2.75) is 187 Å². The molecule has 28 heteroatoms. The summed E-state index contributed by atoms with van der Waals surface area (Å²) in [4.78, 5) is 155. The van der Waals surface area contributed by atoms with Gasteiger partial charge in [0.1, 0.15) is 18.1 Å². The molecule has 28 nitrogen and oxygen atoms in total. The second-order valence-corrected chi connectivity index (χ2v) is 28.8. The summed E-state index contributed by atoms with van der Waals surface area (Å²) >= 11 is 0. The van der Waals surface area contributed by atoms with E-state index in [1.54, 1.807) is 61.8 Å². The number of carbonyl (C=O) groups is 11. The number of benzene rings is 3. The molecule has 6 rings (SSSR count). The second kappa shape index (κ2) is 43.6. The molecule has 3 aromatic rings. The lowest BCUT2D eigenvalue weighted by molar-refractivity contribution is -0.148. The maximum absolute atomic E-state index is 14.5. The first kappa shape index (κ1) is 85.9. The molecule has 3 aliphatic rings. The molecule has 582 valence electrons. The van der Waals surface area contributed by atoms with E-state index in [0.717, 1.165) is 48.1 Å². The number of likely N-dealkylation sites (N-methyl/N-ethyl adjacent to an activating group) is 2. The second-order valence-electron chi connectivity index (χ2n) is 28.8. The molecule has 10 N–H and O–H groups in total. The lowest BCUT2D eigenvalue weighted by atomic mass is 9.88. The minimum absolute atomic E-state index is 0.00202. The fourth-order valence-electron chi connectivity index (χ4n) is 14.1. The fourth-order valence-corrected chi connectivity index (χ4v) is 14.1. The van der Waals surface area contributed by atoms with Gasteiger partial charge in [0.15, 0.2) is 0 Å². The molecule has 2 fully saturated rings. The topological polar surface area (TPSA) is 360 Å². The average molecular weight is 1470 g/mol. The van der Waals surface area contributed by atoms with Crippen molar-refractivity contribution in [1.82, 2.24) is 46.6 Å². The third-order valence-electron chi connectivity index (χ3n) is 19.7. The summed E-state index contributed by atoms with van der Waals surface area (Å²) in [5, 5.41) is 22.1. The molecule has 0 radical (unpaired) electrons. The van der Waals surface area contributed by atoms with Crippen molar-refractivity contribution in [1.29, 1.82) is 0 Å². The Morgan fingerprint density at radius 3 is 1.87 bits per heavy atom. The first-order valence-corrected chi connectivity index (χ1v) is 37.3. The number of urea groups is 1. The first-order chi connectivity index (χ1) is 50.6. The van der Waals surface area contributed by atoms with Crippen molar-refractivity contribution in [2.75, 3.05) is 104 Å². The highest BCUT2D eigenvalue weighted by Gasteiger charge is 2.45. The summed E-state index contributed by atoms with van der Waals surface area (Å²) < 4.78 is 23.3. The molecule has 2 heterocycles. The number of para-hydroxylation sites is 1. The highest BCUT2D eigenvalue weighted by atomic mass is 16.5. The standard InChI is InChI=1S/C78H115N13O15/c1-49(2)68(86-64(93)38-42-105-44-45-106-43-40-80-63(92)30-19-31-66(95)91-48-56-26-16-13-22-53(56)32-33-54-23-17-18-28-60(54)91)75(99)85-59(27-20-39-81-78(79)102)74(98)84-58-36-34-57(35-37-58)83-65(94)47-82-73(97)52(7)72(104-12)61-29-21-41-90(61)67(96)46-62(103-11)71(55-24-14-15-25-55)89(10)77(101)69(50(3)4)87-76(100)70(51(5)6)88(8)9/h13,16-18,22-23,26,28,34-37,49-52,55,59,61-62,68-72H,14-15,19-21,24-25,27,29-31,38-48H2,1-12H3,(H,80,92)(H,82,97)(H,83,94)(H,84,98)(H,85,99)(H,86,93)(H,87,100)(H3,79,81,102)/t52-,59?,61+,62-,68+,69+,70+,71+,72-/m1/s1. The number of fused-ring (bicyclic) bond motifs is 2. The molecular weight excluding hydrogens is 1360 g/mol. The predicted octanol–water partition coefficient (Wildman–Crippen LogP) is 5.20. The van der Waals surface area contributed by atoms with Crippen LogP contribution in [0.15, 0.2) is 72.8 Å². The predicted molar refractivity (Wildman–Crippen MR) is 403 cm³/mol. The van der Waals surface area contributed by atoms with E-state index in [1.807, 2.05) is 95.2 Å². The van der Waals surface area contributed by atoms with E-state index in [-0.39, 0.29) is 125 Å². The lowest BCUT2D eigenvalue weighted by Gasteiger charge is -2.41. The Bertz CT molecular complexity index is 3490. The van der Waals surface area contributed by atoms with Crippen molar-refractivity contribution < 1.29 is 71.7 Å². The van der Waals surface area contributed by atoms with Gasteiger partial charge in [0.2, 0.25) is 59.1 Å². The number of anilines is 3. The van der Waals surface area contributed by atoms with Crippen LogP contribution in [0.3, 0.4) is 0 Å². The number of methoxy groups -OCH3 is 2. The zero-order valence-corrected chi connectivity index (χ0v) is 64.0. The Balaban J connectivity index is 0.914. The monoisotopic (exact) mass is 1470 g/mol. The molecule has 0 bridgehead atoms. The summed E-state index contributed by atoms with van der Waals surface area (Å²) in [6.45, 7) is 14.2. The quantitative estimate of drug-likeness (QED) is 0.0260. The highest BCUT2D eigenvalue weighted by molar-refractivity contribution is 6.00. The Morgan fingerprint density at radius 2 is 1.23 bits per heavy atom. The molecule has 0 aromatic heterocycles. The molecule has 1 saturated carbocycles. The van der Waals surface area contributed by atoms with Crippen LogP contribution in [0, 0.1) is 41.4 Å². The Kier molecular flexibility index (Phi) is 35.3. The third kappa shape index (κ3) is 26.2. The third-order valence-corrected chi connectivity index (χ3v) is 19.7. The van der Waals surface area contributed by atoms with Gasteiger partial charge in [-0.15, -0.1) is 0 Å². The Hall–Kier alpha value is -9.01. The fraction of sp³-hybridized carbons (Fsp3) is 0.603. The van der Waals surface area contributed by atoms with E-state index >= 15 is 0 Å². The minimum Gasteiger partial charge on any atom is -0.379 e. The van der Waals surface area contributed by atoms with Gasteiger partial charge in [-0.05, 0) is 131 Å². The molecular formula is C78H115N13O15. The number of nitrogens with two attached hydrogens (primary N) is 1. The van der Waals surface area contributed by atoms with Crippen LogP contribution in [0.5, 0.6) is 0 Å². The number of hydrogen-bond donors (Lipinski definition) is 9. The normalized spacial score (nSPS) is 16.4. The first-order valence-electron chi connectivity index (χ1n) is 37.3. The minimum atomic E-state index is -1.13. The maximum Gasteiger partial charge on any atom is 0.312 e. The van der Waals surface area contributed by atoms with E-state index in [4.69, 9.17) is 24.7 Å². The van der Waals surface area contributed by atoms with Crippen LogP contribution in [0.25, 0.3) is 0 Å². The Morgan fingerprint density at radius 1 is 0.585 bits per heavy atom. The molecule has 1 aliphatic carbocycles. The van der Waals surface area contributed by atoms with Crippen LogP contribution in [-0.2, 0) is 73.4 Å². The van der Waals surface area contributed by atoms with Gasteiger partial charge in [-0.25, -0.2) is 4.79 Å². The maximum atomic E-state index is 14.5. The zero-order chi connectivity index (χ0) is 77.6. The van der Waals surface area contributed by atoms with Crippen LogP contribution in [-0.4, -0.2) is 216 Å². The molecule has 3 aromatic carbocycles. The van der Waals surface area contributed by atoms with Gasteiger partial charge in [0, 0.05) is 82.7 Å². The van der Waals surface area contributed by atoms with Gasteiger partial charge < -0.3 is 81.9 Å². The number of carbonyl (C=O) groups excluding carboxylic acids is 11. The van der Waals surface area contributed by atoms with Crippen molar-refractivity contribution in [3.8, 4) is 11.8 Å². The van der Waals surface area contributed by atoms with Crippen molar-refractivity contribution in [2.24, 2.45) is 35.3 Å². The van der Waals surface area contributed by atoms with E-state index in [2.05, 4.69) is 54.4 Å². The van der Waals surface area contributed by atoms with E-state index in [9.17, 15) is 52.7 Å². The molecule has 1 unspecified atom stereocenters. The SMILES string of the molecule is CO[C@H]([C@@H](C)C(=O)NCC(=O)Nc1ccc(NC(=O)C(CCCNC(N)=O)NC(=O)[C@@H](NC(=O)CCOCCOCCNC(=O)CCCC(=O)N2Cc3ccccc3C#Cc3ccccc32)C(C)C)cc1)[C@@H]1CCCN1C(=O)C[C@@H](OC)[C@H](C1CCCC1)N(C)C(=O)[C@@H](NC(=O)[C@H](C(C)C)N(C)C)C(C)C. The smallest absolute Gasteiger partial charge is 0.312 e. The van der Waals surface area contributed by atoms with Gasteiger partial charge in [-0.3, -0.25) is 52.8 Å². The summed E-state index contributed by atoms with van der Waals surface area (Å²) in [6.07, 6.45) is 4.38. The van der Waals surface area contributed by atoms with Crippen LogP contribution >= 0.6 is 0 Å². The van der Waals surface area contributed by atoms with Crippen molar-refractivity contribution in [3.63, 3.8) is 0 Å². The number of nitrogens with zero attached hydrogens (tertiary/aromatic N) is 4. The van der Waals surface area contributed by atoms with Crippen molar-refractivity contribution >= 4 is 82.2 Å². The Labute approximate surface area is 624 Å². The average Bonchev–Trinajstić information content (AvgIpc) is 1.46. The van der Waals surface area contributed by atoms with Crippen LogP contribution in [0.2, 0.25) is 0 Å². The zero-order valence-electron chi connectivity index (χ0n) is 64.0. The highest BCUT2D eigenvalue weighted by Crippen LogP contribution is 2.36. The van der Waals surface area contributed by atoms with E-state index < -0.39 is 102 Å². The number of hydrogen-bond acceptors (Lipinski definition) is 16. The van der Waals surface area contributed by atoms with Crippen LogP contribution < -0.4 is 53.2 Å². The van der Waals surface area contributed by atoms with E-state index in [0.29, 0.717) is 43.7 Å². The number of primary amides is 1. The van der Waals surface area contributed by atoms with Crippen molar-refractivity contribution in [3.05, 3.63) is 89.5 Å². The van der Waals surface area contributed by atoms with Crippen LogP contribution in [0.4, 0.5) is 21.9 Å². The van der Waals surface area contributed by atoms with Crippen LogP contribution in [0.1, 0.15) is 149 Å². The molecule has 0 spiro atoms. The number of rotatable bonds is 42. The lowest BCUT2D eigenvalue weighted by Crippen LogP contribution is -2.59. The number of likely N-dealkylation sites (tertiary alicyclic amines) is 1. The molecule has 1 saturated heterocycles. The number of amides is 12. The molecule has 2 aliphatic heterocycles. The summed E-state index contributed by atoms with van der Waals surface area (Å²) in [5.41, 5.74) is 9.24. The number of ether oxygens (including phenoxy) is 4. The number of nitrogens with one attached hydrogen (secondary N) is 8. The van der Waals surface area contributed by atoms with Gasteiger partial charge in [0.05, 0.1) is 87.9 Å².